The van der Waals surface area contributed by atoms with E-state index in [4.69, 9.17) is 4.74 Å². The Morgan fingerprint density at radius 3 is 2.31 bits per heavy atom. The average Bonchev–Trinajstić information content (AvgIpc) is 2.73. The molecular weight excluding hydrogens is 432 g/mol. The SMILES string of the molecule is CCc1ccc(OCC(=O)N(Cc2ccc(C)cc2)[C@H](CC)C(=O)NC)c(Br)c1. The lowest BCUT2D eigenvalue weighted by Crippen LogP contribution is -2.49. The van der Waals surface area contributed by atoms with Gasteiger partial charge in [0, 0.05) is 13.6 Å². The number of hydrogen-bond donors (Lipinski definition) is 1. The van der Waals surface area contributed by atoms with Crippen molar-refractivity contribution in [1.29, 1.82) is 0 Å². The van der Waals surface area contributed by atoms with Crippen molar-refractivity contribution in [1.82, 2.24) is 10.2 Å². The van der Waals surface area contributed by atoms with E-state index < -0.39 is 6.04 Å². The topological polar surface area (TPSA) is 58.6 Å². The summed E-state index contributed by atoms with van der Waals surface area (Å²) in [5, 5.41) is 2.66. The van der Waals surface area contributed by atoms with Crippen LogP contribution < -0.4 is 10.1 Å². The van der Waals surface area contributed by atoms with E-state index in [-0.39, 0.29) is 18.4 Å². The molecule has 0 spiro atoms. The lowest BCUT2D eigenvalue weighted by molar-refractivity contribution is -0.142. The second kappa shape index (κ2) is 11.0. The molecule has 1 N–H and O–H groups in total. The van der Waals surface area contributed by atoms with Gasteiger partial charge in [-0.25, -0.2) is 0 Å². The third-order valence-electron chi connectivity index (χ3n) is 4.86. The summed E-state index contributed by atoms with van der Waals surface area (Å²) in [5.41, 5.74) is 3.30. The van der Waals surface area contributed by atoms with Crippen LogP contribution in [0.1, 0.15) is 37.0 Å². The predicted octanol–water partition coefficient (Wildman–Crippen LogP) is 4.25. The average molecular weight is 461 g/mol. The fourth-order valence-corrected chi connectivity index (χ4v) is 3.62. The van der Waals surface area contributed by atoms with Crippen molar-refractivity contribution >= 4 is 27.7 Å². The number of hydrogen-bond acceptors (Lipinski definition) is 3. The van der Waals surface area contributed by atoms with Crippen LogP contribution in [-0.2, 0) is 22.6 Å². The number of rotatable bonds is 9. The summed E-state index contributed by atoms with van der Waals surface area (Å²) < 4.78 is 6.59. The third kappa shape index (κ3) is 6.32. The van der Waals surface area contributed by atoms with Gasteiger partial charge in [-0.15, -0.1) is 0 Å². The van der Waals surface area contributed by atoms with Crippen molar-refractivity contribution in [3.8, 4) is 5.75 Å². The number of likely N-dealkylation sites (N-methyl/N-ethyl adjacent to an activating group) is 1. The molecule has 2 rings (SSSR count). The third-order valence-corrected chi connectivity index (χ3v) is 5.48. The Balaban J connectivity index is 2.18. The second-order valence-electron chi connectivity index (χ2n) is 6.95. The van der Waals surface area contributed by atoms with Gasteiger partial charge < -0.3 is 15.0 Å². The number of ether oxygens (including phenoxy) is 1. The number of amides is 2. The van der Waals surface area contributed by atoms with E-state index in [2.05, 4.69) is 28.2 Å². The minimum Gasteiger partial charge on any atom is -0.483 e. The molecule has 156 valence electrons. The molecule has 1 atom stereocenters. The van der Waals surface area contributed by atoms with Crippen LogP contribution in [0.15, 0.2) is 46.9 Å². The Kier molecular flexibility index (Phi) is 8.70. The van der Waals surface area contributed by atoms with E-state index in [1.54, 1.807) is 11.9 Å². The molecular formula is C23H29BrN2O3. The number of carbonyl (C=O) groups is 2. The Morgan fingerprint density at radius 1 is 1.10 bits per heavy atom. The monoisotopic (exact) mass is 460 g/mol. The van der Waals surface area contributed by atoms with Crippen molar-refractivity contribution in [2.24, 2.45) is 0 Å². The molecule has 0 unspecified atom stereocenters. The molecule has 0 saturated carbocycles. The van der Waals surface area contributed by atoms with Crippen LogP contribution in [0.5, 0.6) is 5.75 Å². The lowest BCUT2D eigenvalue weighted by atomic mass is 10.1. The Hall–Kier alpha value is -2.34. The minimum absolute atomic E-state index is 0.135. The first kappa shape index (κ1) is 22.9. The number of aryl methyl sites for hydroxylation is 2. The van der Waals surface area contributed by atoms with Gasteiger partial charge in [-0.1, -0.05) is 49.7 Å². The first-order valence-electron chi connectivity index (χ1n) is 9.87. The highest BCUT2D eigenvalue weighted by molar-refractivity contribution is 9.10. The van der Waals surface area contributed by atoms with Crippen LogP contribution in [0.25, 0.3) is 0 Å². The van der Waals surface area contributed by atoms with Gasteiger partial charge in [0.1, 0.15) is 11.8 Å². The zero-order valence-corrected chi connectivity index (χ0v) is 19.1. The molecule has 0 aliphatic rings. The fourth-order valence-electron chi connectivity index (χ4n) is 3.08. The maximum absolute atomic E-state index is 13.0. The van der Waals surface area contributed by atoms with Crippen molar-refractivity contribution in [3.05, 3.63) is 63.6 Å². The highest BCUT2D eigenvalue weighted by atomic mass is 79.9. The van der Waals surface area contributed by atoms with Crippen LogP contribution >= 0.6 is 15.9 Å². The van der Waals surface area contributed by atoms with Gasteiger partial charge in [0.25, 0.3) is 5.91 Å². The van der Waals surface area contributed by atoms with Crippen molar-refractivity contribution in [3.63, 3.8) is 0 Å². The lowest BCUT2D eigenvalue weighted by Gasteiger charge is -2.30. The summed E-state index contributed by atoms with van der Waals surface area (Å²) in [6.45, 7) is 6.21. The van der Waals surface area contributed by atoms with Gasteiger partial charge in [-0.2, -0.15) is 0 Å². The van der Waals surface area contributed by atoms with Crippen LogP contribution in [0.2, 0.25) is 0 Å². The van der Waals surface area contributed by atoms with Crippen molar-refractivity contribution in [2.45, 2.75) is 46.2 Å². The second-order valence-corrected chi connectivity index (χ2v) is 7.81. The molecule has 0 heterocycles. The quantitative estimate of drug-likeness (QED) is 0.608. The number of benzene rings is 2. The maximum atomic E-state index is 13.0. The van der Waals surface area contributed by atoms with Crippen LogP contribution in [-0.4, -0.2) is 36.4 Å². The summed E-state index contributed by atoms with van der Waals surface area (Å²) in [6.07, 6.45) is 1.44. The van der Waals surface area contributed by atoms with Gasteiger partial charge in [0.15, 0.2) is 6.61 Å². The van der Waals surface area contributed by atoms with Gasteiger partial charge in [-0.05, 0) is 59.0 Å². The Labute approximate surface area is 181 Å². The first-order chi connectivity index (χ1) is 13.9. The molecule has 2 amide bonds. The molecule has 0 aliphatic carbocycles. The van der Waals surface area contributed by atoms with E-state index in [0.717, 1.165) is 22.0 Å². The number of carbonyl (C=O) groups excluding carboxylic acids is 2. The zero-order valence-electron chi connectivity index (χ0n) is 17.5. The molecule has 0 aromatic heterocycles. The van der Waals surface area contributed by atoms with E-state index in [1.165, 1.54) is 5.56 Å². The normalized spacial score (nSPS) is 11.6. The molecule has 6 heteroatoms. The molecule has 0 bridgehead atoms. The number of halogens is 1. The van der Waals surface area contributed by atoms with Crippen molar-refractivity contribution < 1.29 is 14.3 Å². The highest BCUT2D eigenvalue weighted by Gasteiger charge is 2.28. The fraction of sp³-hybridized carbons (Fsp3) is 0.391. The van der Waals surface area contributed by atoms with Crippen LogP contribution in [0.3, 0.4) is 0 Å². The molecule has 0 saturated heterocycles. The number of nitrogens with one attached hydrogen (secondary N) is 1. The smallest absolute Gasteiger partial charge is 0.261 e. The molecule has 29 heavy (non-hydrogen) atoms. The van der Waals surface area contributed by atoms with E-state index in [1.807, 2.05) is 56.3 Å². The van der Waals surface area contributed by atoms with Gasteiger partial charge in [0.2, 0.25) is 5.91 Å². The molecule has 2 aromatic carbocycles. The van der Waals surface area contributed by atoms with Crippen LogP contribution in [0, 0.1) is 6.92 Å². The summed E-state index contributed by atoms with van der Waals surface area (Å²) in [5.74, 6) is 0.202. The standard InChI is InChI=1S/C23H29BrN2O3/c1-5-17-11-12-21(19(24)13-17)29-15-22(27)26(20(6-2)23(28)25-4)14-18-9-7-16(3)8-10-18/h7-13,20H,5-6,14-15H2,1-4H3,(H,25,28)/t20-/m1/s1. The molecule has 5 nitrogen and oxygen atoms in total. The minimum atomic E-state index is -0.552. The summed E-state index contributed by atoms with van der Waals surface area (Å²) in [4.78, 5) is 27.0. The molecule has 2 aromatic rings. The highest BCUT2D eigenvalue weighted by Crippen LogP contribution is 2.26. The van der Waals surface area contributed by atoms with E-state index >= 15 is 0 Å². The van der Waals surface area contributed by atoms with E-state index in [9.17, 15) is 9.59 Å². The van der Waals surface area contributed by atoms with Crippen LogP contribution in [0.4, 0.5) is 0 Å². The van der Waals surface area contributed by atoms with E-state index in [0.29, 0.717) is 18.7 Å². The maximum Gasteiger partial charge on any atom is 0.261 e. The first-order valence-corrected chi connectivity index (χ1v) is 10.7. The summed E-state index contributed by atoms with van der Waals surface area (Å²) >= 11 is 3.50. The van der Waals surface area contributed by atoms with Gasteiger partial charge in [-0.3, -0.25) is 9.59 Å². The number of nitrogens with zero attached hydrogens (tertiary/aromatic N) is 1. The molecule has 0 aliphatic heterocycles. The predicted molar refractivity (Wildman–Crippen MR) is 119 cm³/mol. The zero-order chi connectivity index (χ0) is 21.4. The van der Waals surface area contributed by atoms with Gasteiger partial charge in [0.05, 0.1) is 4.47 Å². The van der Waals surface area contributed by atoms with Crippen molar-refractivity contribution in [2.75, 3.05) is 13.7 Å². The molecule has 0 fully saturated rings. The summed E-state index contributed by atoms with van der Waals surface area (Å²) in [6, 6.07) is 13.2. The largest absolute Gasteiger partial charge is 0.483 e. The van der Waals surface area contributed by atoms with Gasteiger partial charge >= 0.3 is 0 Å². The molecule has 0 radical (unpaired) electrons. The Bertz CT molecular complexity index is 837. The summed E-state index contributed by atoms with van der Waals surface area (Å²) in [7, 11) is 1.59. The Morgan fingerprint density at radius 2 is 1.76 bits per heavy atom.